The van der Waals surface area contributed by atoms with Crippen LogP contribution in [0.3, 0.4) is 0 Å². The molecule has 1 saturated heterocycles. The molecule has 4 rings (SSSR count). The van der Waals surface area contributed by atoms with Crippen LogP contribution in [0.2, 0.25) is 0 Å². The van der Waals surface area contributed by atoms with Gasteiger partial charge in [-0.1, -0.05) is 36.4 Å². The predicted octanol–water partition coefficient (Wildman–Crippen LogP) is 1.89. The Balaban J connectivity index is 1.69. The average Bonchev–Trinajstić information content (AvgIpc) is 2.69. The summed E-state index contributed by atoms with van der Waals surface area (Å²) >= 11 is 0. The zero-order valence-corrected chi connectivity index (χ0v) is 13.6. The van der Waals surface area contributed by atoms with Crippen molar-refractivity contribution in [1.29, 1.82) is 0 Å². The van der Waals surface area contributed by atoms with Crippen LogP contribution in [0, 0.1) is 0 Å². The first kappa shape index (κ1) is 15.6. The monoisotopic (exact) mass is 337 g/mol. The number of hydrazine groups is 1. The summed E-state index contributed by atoms with van der Waals surface area (Å²) in [7, 11) is 0. The molecule has 8 heteroatoms. The number of nitrogens with two attached hydrogens (primary N) is 1. The molecule has 0 spiro atoms. The summed E-state index contributed by atoms with van der Waals surface area (Å²) in [6, 6.07) is 14.2. The van der Waals surface area contributed by atoms with E-state index in [1.807, 2.05) is 24.3 Å². The first-order chi connectivity index (χ1) is 12.3. The maximum atomic E-state index is 5.53. The van der Waals surface area contributed by atoms with Gasteiger partial charge in [-0.3, -0.25) is 5.43 Å². The fourth-order valence-corrected chi connectivity index (χ4v) is 2.84. The quantitative estimate of drug-likeness (QED) is 0.490. The van der Waals surface area contributed by atoms with Crippen molar-refractivity contribution in [1.82, 2.24) is 15.0 Å². The van der Waals surface area contributed by atoms with E-state index in [2.05, 4.69) is 48.8 Å². The maximum Gasteiger partial charge on any atom is 0.243 e. The van der Waals surface area contributed by atoms with Crippen LogP contribution in [-0.4, -0.2) is 41.3 Å². The molecule has 2 aromatic carbocycles. The van der Waals surface area contributed by atoms with Crippen LogP contribution >= 0.6 is 0 Å². The van der Waals surface area contributed by atoms with E-state index in [0.29, 0.717) is 31.1 Å². The summed E-state index contributed by atoms with van der Waals surface area (Å²) < 4.78 is 5.38. The minimum absolute atomic E-state index is 0.319. The van der Waals surface area contributed by atoms with Crippen LogP contribution < -0.4 is 21.5 Å². The number of hydrogen-bond donors (Lipinski definition) is 3. The van der Waals surface area contributed by atoms with E-state index in [4.69, 9.17) is 10.6 Å². The Morgan fingerprint density at radius 1 is 0.920 bits per heavy atom. The smallest absolute Gasteiger partial charge is 0.243 e. The van der Waals surface area contributed by atoms with Crippen molar-refractivity contribution in [3.8, 4) is 0 Å². The standard InChI is InChI=1S/C17H19N7O/c18-23-16-20-15(21-17(22-16)24-8-10-25-11-9-24)19-14-7-3-5-12-4-1-2-6-13(12)14/h1-7H,8-11,18H2,(H2,19,20,21,22,23). The summed E-state index contributed by atoms with van der Waals surface area (Å²) in [6.45, 7) is 2.79. The normalized spacial score (nSPS) is 14.5. The summed E-state index contributed by atoms with van der Waals surface area (Å²) in [6.07, 6.45) is 0. The fraction of sp³-hybridized carbons (Fsp3) is 0.235. The number of nitrogens with zero attached hydrogens (tertiary/aromatic N) is 4. The second-order valence-corrected chi connectivity index (χ2v) is 5.68. The number of nitrogen functional groups attached to an aromatic ring is 1. The third-order valence-corrected chi connectivity index (χ3v) is 4.08. The van der Waals surface area contributed by atoms with Crippen LogP contribution in [0.4, 0.5) is 23.5 Å². The third-order valence-electron chi connectivity index (χ3n) is 4.08. The number of fused-ring (bicyclic) bond motifs is 1. The molecule has 0 aliphatic carbocycles. The van der Waals surface area contributed by atoms with Crippen molar-refractivity contribution in [3.05, 3.63) is 42.5 Å². The van der Waals surface area contributed by atoms with Gasteiger partial charge in [-0.25, -0.2) is 5.84 Å². The van der Waals surface area contributed by atoms with Crippen molar-refractivity contribution in [2.45, 2.75) is 0 Å². The molecule has 128 valence electrons. The average molecular weight is 337 g/mol. The van der Waals surface area contributed by atoms with Crippen LogP contribution in [0.15, 0.2) is 42.5 Å². The molecular weight excluding hydrogens is 318 g/mol. The molecule has 1 aliphatic heterocycles. The molecule has 0 radical (unpaired) electrons. The first-order valence-electron chi connectivity index (χ1n) is 8.14. The van der Waals surface area contributed by atoms with Gasteiger partial charge in [0.25, 0.3) is 0 Å². The van der Waals surface area contributed by atoms with Gasteiger partial charge in [0, 0.05) is 24.2 Å². The maximum absolute atomic E-state index is 5.53. The molecule has 1 aromatic heterocycles. The molecule has 1 fully saturated rings. The lowest BCUT2D eigenvalue weighted by molar-refractivity contribution is 0.122. The zero-order chi connectivity index (χ0) is 17.1. The number of aromatic nitrogens is 3. The number of hydrogen-bond acceptors (Lipinski definition) is 8. The Bertz CT molecular complexity index is 875. The predicted molar refractivity (Wildman–Crippen MR) is 97.9 cm³/mol. The van der Waals surface area contributed by atoms with Crippen molar-refractivity contribution >= 4 is 34.3 Å². The SMILES string of the molecule is NNc1nc(Nc2cccc3ccccc23)nc(N2CCOCC2)n1. The van der Waals surface area contributed by atoms with Gasteiger partial charge >= 0.3 is 0 Å². The van der Waals surface area contributed by atoms with Crippen molar-refractivity contribution in [3.63, 3.8) is 0 Å². The summed E-state index contributed by atoms with van der Waals surface area (Å²) in [4.78, 5) is 15.3. The van der Waals surface area contributed by atoms with Gasteiger partial charge in [0.15, 0.2) is 0 Å². The highest BCUT2D eigenvalue weighted by Crippen LogP contribution is 2.26. The van der Waals surface area contributed by atoms with E-state index in [1.54, 1.807) is 0 Å². The van der Waals surface area contributed by atoms with E-state index in [-0.39, 0.29) is 0 Å². The van der Waals surface area contributed by atoms with E-state index in [9.17, 15) is 0 Å². The molecule has 2 heterocycles. The third kappa shape index (κ3) is 3.30. The topological polar surface area (TPSA) is 101 Å². The molecular formula is C17H19N7O. The zero-order valence-electron chi connectivity index (χ0n) is 13.6. The van der Waals surface area contributed by atoms with Gasteiger partial charge in [-0.2, -0.15) is 15.0 Å². The Labute approximate surface area is 145 Å². The Hall–Kier alpha value is -2.97. The van der Waals surface area contributed by atoms with E-state index < -0.39 is 0 Å². The number of nitrogens with one attached hydrogen (secondary N) is 2. The minimum Gasteiger partial charge on any atom is -0.378 e. The summed E-state index contributed by atoms with van der Waals surface area (Å²) in [5, 5.41) is 5.53. The van der Waals surface area contributed by atoms with Crippen LogP contribution in [-0.2, 0) is 4.74 Å². The summed E-state index contributed by atoms with van der Waals surface area (Å²) in [5.74, 6) is 6.87. The van der Waals surface area contributed by atoms with Gasteiger partial charge in [0.1, 0.15) is 0 Å². The molecule has 3 aromatic rings. The molecule has 0 saturated carbocycles. The molecule has 0 unspecified atom stereocenters. The Morgan fingerprint density at radius 2 is 1.68 bits per heavy atom. The molecule has 0 amide bonds. The van der Waals surface area contributed by atoms with Crippen LogP contribution in [0.1, 0.15) is 0 Å². The fourth-order valence-electron chi connectivity index (χ4n) is 2.84. The minimum atomic E-state index is 0.319. The first-order valence-corrected chi connectivity index (χ1v) is 8.14. The van der Waals surface area contributed by atoms with Gasteiger partial charge in [0.05, 0.1) is 13.2 Å². The number of anilines is 4. The number of rotatable bonds is 4. The lowest BCUT2D eigenvalue weighted by Crippen LogP contribution is -2.37. The second-order valence-electron chi connectivity index (χ2n) is 5.68. The van der Waals surface area contributed by atoms with E-state index >= 15 is 0 Å². The molecule has 25 heavy (non-hydrogen) atoms. The highest BCUT2D eigenvalue weighted by molar-refractivity contribution is 5.94. The molecule has 4 N–H and O–H groups in total. The van der Waals surface area contributed by atoms with E-state index in [0.717, 1.165) is 29.5 Å². The van der Waals surface area contributed by atoms with Gasteiger partial charge < -0.3 is 15.0 Å². The van der Waals surface area contributed by atoms with Crippen LogP contribution in [0.5, 0.6) is 0 Å². The Morgan fingerprint density at radius 3 is 2.52 bits per heavy atom. The number of ether oxygens (including phenoxy) is 1. The Kier molecular flexibility index (Phi) is 4.28. The van der Waals surface area contributed by atoms with Gasteiger partial charge in [0.2, 0.25) is 17.8 Å². The number of benzene rings is 2. The largest absolute Gasteiger partial charge is 0.378 e. The second kappa shape index (κ2) is 6.88. The lowest BCUT2D eigenvalue weighted by atomic mass is 10.1. The highest BCUT2D eigenvalue weighted by atomic mass is 16.5. The van der Waals surface area contributed by atoms with Crippen LogP contribution in [0.25, 0.3) is 10.8 Å². The lowest BCUT2D eigenvalue weighted by Gasteiger charge is -2.27. The number of morpholine rings is 1. The summed E-state index contributed by atoms with van der Waals surface area (Å²) in [5.41, 5.74) is 3.44. The molecule has 1 aliphatic rings. The van der Waals surface area contributed by atoms with Gasteiger partial charge in [-0.15, -0.1) is 0 Å². The van der Waals surface area contributed by atoms with Crippen molar-refractivity contribution in [2.24, 2.45) is 5.84 Å². The van der Waals surface area contributed by atoms with Gasteiger partial charge in [-0.05, 0) is 11.5 Å². The van der Waals surface area contributed by atoms with Crippen molar-refractivity contribution in [2.75, 3.05) is 41.9 Å². The van der Waals surface area contributed by atoms with E-state index in [1.165, 1.54) is 0 Å². The van der Waals surface area contributed by atoms with Crippen molar-refractivity contribution < 1.29 is 4.74 Å². The molecule has 0 atom stereocenters. The molecule has 0 bridgehead atoms. The highest BCUT2D eigenvalue weighted by Gasteiger charge is 2.16. The molecule has 8 nitrogen and oxygen atoms in total.